The first-order valence-electron chi connectivity index (χ1n) is 5.77. The van der Waals surface area contributed by atoms with Gasteiger partial charge in [0.05, 0.1) is 6.54 Å². The molecule has 0 aliphatic carbocycles. The number of hydrogen-bond donors (Lipinski definition) is 1. The molecule has 0 saturated heterocycles. The highest BCUT2D eigenvalue weighted by atomic mass is 35.5. The van der Waals surface area contributed by atoms with Crippen LogP contribution in [0.5, 0.6) is 0 Å². The first-order valence-corrected chi connectivity index (χ1v) is 6.30. The van der Waals surface area contributed by atoms with Crippen LogP contribution in [0.2, 0.25) is 0 Å². The van der Waals surface area contributed by atoms with Crippen molar-refractivity contribution in [1.82, 2.24) is 20.1 Å². The molecular weight excluding hydrogens is 224 g/mol. The fourth-order valence-electron chi connectivity index (χ4n) is 1.66. The van der Waals surface area contributed by atoms with E-state index in [2.05, 4.69) is 29.2 Å². The second-order valence-electron chi connectivity index (χ2n) is 4.24. The Kier molecular flexibility index (Phi) is 5.22. The number of rotatable bonds is 7. The largest absolute Gasteiger partial charge is 0.309 e. The highest BCUT2D eigenvalue weighted by Crippen LogP contribution is 2.26. The fraction of sp³-hybridized carbons (Fsp3) is 0.818. The van der Waals surface area contributed by atoms with Crippen LogP contribution >= 0.6 is 11.6 Å². The maximum absolute atomic E-state index is 6.04. The number of aryl methyl sites for hydroxylation is 1. The predicted octanol–water partition coefficient (Wildman–Crippen LogP) is 1.95. The van der Waals surface area contributed by atoms with Crippen molar-refractivity contribution in [2.45, 2.75) is 33.2 Å². The van der Waals surface area contributed by atoms with Crippen molar-refractivity contribution in [3.8, 4) is 0 Å². The van der Waals surface area contributed by atoms with E-state index < -0.39 is 0 Å². The number of hydrogen-bond acceptors (Lipinski definition) is 3. The zero-order valence-electron chi connectivity index (χ0n) is 10.3. The molecule has 1 aromatic heterocycles. The Morgan fingerprint density at radius 1 is 1.44 bits per heavy atom. The normalized spacial score (nSPS) is 12.0. The van der Waals surface area contributed by atoms with Crippen molar-refractivity contribution < 1.29 is 0 Å². The molecule has 1 rings (SSSR count). The van der Waals surface area contributed by atoms with Crippen LogP contribution in [-0.2, 0) is 13.6 Å². The molecule has 1 N–H and O–H groups in total. The molecule has 1 aromatic rings. The van der Waals surface area contributed by atoms with Gasteiger partial charge in [-0.3, -0.25) is 4.68 Å². The molecule has 0 saturated carbocycles. The lowest BCUT2D eigenvalue weighted by molar-refractivity contribution is 0.284. The molecule has 0 aliphatic heterocycles. The van der Waals surface area contributed by atoms with Crippen molar-refractivity contribution in [2.24, 2.45) is 12.5 Å². The van der Waals surface area contributed by atoms with E-state index in [1.807, 2.05) is 7.05 Å². The molecule has 92 valence electrons. The SMILES string of the molecule is CCC(CC)(CCl)CNCc1ncnn1C. The van der Waals surface area contributed by atoms with E-state index in [1.54, 1.807) is 11.0 Å². The van der Waals surface area contributed by atoms with Gasteiger partial charge >= 0.3 is 0 Å². The topological polar surface area (TPSA) is 42.7 Å². The summed E-state index contributed by atoms with van der Waals surface area (Å²) in [7, 11) is 1.90. The Balaban J connectivity index is 2.42. The van der Waals surface area contributed by atoms with Crippen molar-refractivity contribution in [3.05, 3.63) is 12.2 Å². The fourth-order valence-corrected chi connectivity index (χ4v) is 2.13. The predicted molar refractivity (Wildman–Crippen MR) is 66.4 cm³/mol. The number of aromatic nitrogens is 3. The molecule has 0 amide bonds. The quantitative estimate of drug-likeness (QED) is 0.746. The Morgan fingerprint density at radius 2 is 2.12 bits per heavy atom. The summed E-state index contributed by atoms with van der Waals surface area (Å²) in [6, 6.07) is 0. The summed E-state index contributed by atoms with van der Waals surface area (Å²) >= 11 is 6.04. The molecule has 0 aliphatic rings. The molecule has 0 aromatic carbocycles. The molecule has 0 spiro atoms. The maximum atomic E-state index is 6.04. The van der Waals surface area contributed by atoms with Crippen LogP contribution in [0.4, 0.5) is 0 Å². The second kappa shape index (κ2) is 6.21. The van der Waals surface area contributed by atoms with Gasteiger partial charge in [-0.1, -0.05) is 13.8 Å². The van der Waals surface area contributed by atoms with Gasteiger partial charge in [0, 0.05) is 19.5 Å². The molecule has 0 radical (unpaired) electrons. The van der Waals surface area contributed by atoms with Gasteiger partial charge in [-0.2, -0.15) is 5.10 Å². The summed E-state index contributed by atoms with van der Waals surface area (Å²) in [5.41, 5.74) is 0.208. The summed E-state index contributed by atoms with van der Waals surface area (Å²) in [5.74, 6) is 1.65. The van der Waals surface area contributed by atoms with Crippen LogP contribution in [0.15, 0.2) is 6.33 Å². The highest BCUT2D eigenvalue weighted by Gasteiger charge is 2.24. The summed E-state index contributed by atoms with van der Waals surface area (Å²) < 4.78 is 1.78. The number of alkyl halides is 1. The van der Waals surface area contributed by atoms with Crippen LogP contribution in [0, 0.1) is 5.41 Å². The third-order valence-corrected chi connectivity index (χ3v) is 3.94. The first kappa shape index (κ1) is 13.5. The summed E-state index contributed by atoms with van der Waals surface area (Å²) in [5, 5.41) is 7.45. The average molecular weight is 245 g/mol. The molecule has 0 fully saturated rings. The van der Waals surface area contributed by atoms with Crippen molar-refractivity contribution in [2.75, 3.05) is 12.4 Å². The van der Waals surface area contributed by atoms with Crippen molar-refractivity contribution in [3.63, 3.8) is 0 Å². The number of nitrogens with one attached hydrogen (secondary N) is 1. The Morgan fingerprint density at radius 3 is 2.56 bits per heavy atom. The number of nitrogens with zero attached hydrogens (tertiary/aromatic N) is 3. The zero-order valence-corrected chi connectivity index (χ0v) is 11.1. The maximum Gasteiger partial charge on any atom is 0.140 e. The lowest BCUT2D eigenvalue weighted by Crippen LogP contribution is -2.35. The molecule has 0 bridgehead atoms. The highest BCUT2D eigenvalue weighted by molar-refractivity contribution is 6.18. The minimum absolute atomic E-state index is 0.208. The Labute approximate surface area is 102 Å². The second-order valence-corrected chi connectivity index (χ2v) is 4.51. The lowest BCUT2D eigenvalue weighted by atomic mass is 9.84. The van der Waals surface area contributed by atoms with E-state index in [1.165, 1.54) is 0 Å². The van der Waals surface area contributed by atoms with E-state index in [9.17, 15) is 0 Å². The van der Waals surface area contributed by atoms with Gasteiger partial charge in [0.25, 0.3) is 0 Å². The summed E-state index contributed by atoms with van der Waals surface area (Å²) in [6.45, 7) is 6.05. The van der Waals surface area contributed by atoms with Gasteiger partial charge < -0.3 is 5.32 Å². The van der Waals surface area contributed by atoms with E-state index in [4.69, 9.17) is 11.6 Å². The summed E-state index contributed by atoms with van der Waals surface area (Å²) in [4.78, 5) is 4.17. The standard InChI is InChI=1S/C11H21ClN4/c1-4-11(5-2,7-12)8-13-6-10-14-9-15-16(10)3/h9,13H,4-8H2,1-3H3. The lowest BCUT2D eigenvalue weighted by Gasteiger charge is -2.29. The minimum Gasteiger partial charge on any atom is -0.309 e. The van der Waals surface area contributed by atoms with Crippen LogP contribution in [0.1, 0.15) is 32.5 Å². The third kappa shape index (κ3) is 3.19. The van der Waals surface area contributed by atoms with Crippen molar-refractivity contribution >= 4 is 11.6 Å². The average Bonchev–Trinajstić information content (AvgIpc) is 2.71. The van der Waals surface area contributed by atoms with Gasteiger partial charge in [-0.05, 0) is 18.3 Å². The van der Waals surface area contributed by atoms with Crippen molar-refractivity contribution in [1.29, 1.82) is 0 Å². The van der Waals surface area contributed by atoms with E-state index in [0.29, 0.717) is 5.88 Å². The molecule has 4 nitrogen and oxygen atoms in total. The smallest absolute Gasteiger partial charge is 0.140 e. The molecule has 0 atom stereocenters. The third-order valence-electron chi connectivity index (χ3n) is 3.37. The van der Waals surface area contributed by atoms with Gasteiger partial charge in [-0.15, -0.1) is 11.6 Å². The van der Waals surface area contributed by atoms with Gasteiger partial charge in [-0.25, -0.2) is 4.98 Å². The molecule has 1 heterocycles. The van der Waals surface area contributed by atoms with Gasteiger partial charge in [0.1, 0.15) is 12.2 Å². The first-order chi connectivity index (χ1) is 7.67. The van der Waals surface area contributed by atoms with Crippen LogP contribution in [-0.4, -0.2) is 27.2 Å². The van der Waals surface area contributed by atoms with Crippen LogP contribution in [0.3, 0.4) is 0 Å². The zero-order chi connectivity index (χ0) is 12.0. The molecule has 5 heteroatoms. The van der Waals surface area contributed by atoms with E-state index in [0.717, 1.165) is 31.8 Å². The molecule has 16 heavy (non-hydrogen) atoms. The summed E-state index contributed by atoms with van der Waals surface area (Å²) in [6.07, 6.45) is 3.77. The van der Waals surface area contributed by atoms with E-state index in [-0.39, 0.29) is 5.41 Å². The van der Waals surface area contributed by atoms with E-state index >= 15 is 0 Å². The van der Waals surface area contributed by atoms with Gasteiger partial charge in [0.2, 0.25) is 0 Å². The monoisotopic (exact) mass is 244 g/mol. The van der Waals surface area contributed by atoms with Gasteiger partial charge in [0.15, 0.2) is 0 Å². The molecule has 0 unspecified atom stereocenters. The Bertz CT molecular complexity index is 298. The number of halogens is 1. The van der Waals surface area contributed by atoms with Crippen LogP contribution < -0.4 is 5.32 Å². The molecular formula is C11H21ClN4. The van der Waals surface area contributed by atoms with Crippen LogP contribution in [0.25, 0.3) is 0 Å². The minimum atomic E-state index is 0.208. The Hall–Kier alpha value is -0.610.